The predicted octanol–water partition coefficient (Wildman–Crippen LogP) is 4.35. The van der Waals surface area contributed by atoms with Crippen molar-refractivity contribution < 1.29 is 4.39 Å². The Balaban J connectivity index is 2.28. The summed E-state index contributed by atoms with van der Waals surface area (Å²) in [7, 11) is 0. The van der Waals surface area contributed by atoms with Crippen LogP contribution in [0.2, 0.25) is 4.34 Å². The molecular formula is C13H12ClFN2S2. The van der Waals surface area contributed by atoms with Crippen LogP contribution in [0.1, 0.15) is 23.4 Å². The van der Waals surface area contributed by atoms with Crippen LogP contribution in [0.25, 0.3) is 0 Å². The Morgan fingerprint density at radius 1 is 1.42 bits per heavy atom. The molecule has 1 aromatic carbocycles. The summed E-state index contributed by atoms with van der Waals surface area (Å²) in [5, 5.41) is 3.21. The molecule has 0 radical (unpaired) electrons. The molecule has 0 saturated carbocycles. The standard InChI is InChI=1S/C13H12ClFN2S2/c1-7(10-5-6-11(14)19-10)17-9-4-2-3-8(15)12(9)13(16)18/h2-7,17H,1H3,(H2,16,18). The normalized spacial score (nSPS) is 12.2. The van der Waals surface area contributed by atoms with Crippen LogP contribution in [-0.2, 0) is 0 Å². The molecule has 2 aromatic rings. The minimum Gasteiger partial charge on any atom is -0.389 e. The zero-order chi connectivity index (χ0) is 14.0. The van der Waals surface area contributed by atoms with Crippen molar-refractivity contribution in [2.24, 2.45) is 5.73 Å². The van der Waals surface area contributed by atoms with Gasteiger partial charge in [-0.3, -0.25) is 0 Å². The molecule has 2 nitrogen and oxygen atoms in total. The fourth-order valence-corrected chi connectivity index (χ4v) is 3.03. The van der Waals surface area contributed by atoms with Crippen molar-refractivity contribution in [3.63, 3.8) is 0 Å². The lowest BCUT2D eigenvalue weighted by Crippen LogP contribution is -2.16. The van der Waals surface area contributed by atoms with Crippen molar-refractivity contribution in [1.29, 1.82) is 0 Å². The van der Waals surface area contributed by atoms with Crippen LogP contribution in [0.4, 0.5) is 10.1 Å². The van der Waals surface area contributed by atoms with Crippen LogP contribution in [0.15, 0.2) is 30.3 Å². The molecule has 0 fully saturated rings. The third-order valence-electron chi connectivity index (χ3n) is 2.65. The second kappa shape index (κ2) is 5.86. The van der Waals surface area contributed by atoms with Gasteiger partial charge in [0.2, 0.25) is 0 Å². The van der Waals surface area contributed by atoms with Gasteiger partial charge in [0.05, 0.1) is 15.9 Å². The lowest BCUT2D eigenvalue weighted by atomic mass is 10.1. The van der Waals surface area contributed by atoms with Crippen molar-refractivity contribution in [3.05, 3.63) is 50.9 Å². The molecule has 0 saturated heterocycles. The summed E-state index contributed by atoms with van der Waals surface area (Å²) in [6.45, 7) is 1.97. The van der Waals surface area contributed by atoms with E-state index in [9.17, 15) is 4.39 Å². The molecule has 0 aliphatic rings. The SMILES string of the molecule is CC(Nc1cccc(F)c1C(N)=S)c1ccc(Cl)s1. The molecule has 1 aromatic heterocycles. The number of benzene rings is 1. The average Bonchev–Trinajstić information content (AvgIpc) is 2.75. The van der Waals surface area contributed by atoms with Gasteiger partial charge in [-0.05, 0) is 31.2 Å². The number of nitrogens with two attached hydrogens (primary N) is 1. The molecular weight excluding hydrogens is 303 g/mol. The lowest BCUT2D eigenvalue weighted by Gasteiger charge is -2.17. The molecule has 3 N–H and O–H groups in total. The Labute approximate surface area is 125 Å². The Bertz CT molecular complexity index is 612. The van der Waals surface area contributed by atoms with Gasteiger partial charge in [-0.25, -0.2) is 4.39 Å². The number of thiophene rings is 1. The minimum absolute atomic E-state index is 0.00704. The second-order valence-corrected chi connectivity index (χ2v) is 6.22. The molecule has 100 valence electrons. The van der Waals surface area contributed by atoms with E-state index in [0.29, 0.717) is 5.69 Å². The highest BCUT2D eigenvalue weighted by molar-refractivity contribution is 7.80. The third-order valence-corrected chi connectivity index (χ3v) is 4.27. The summed E-state index contributed by atoms with van der Waals surface area (Å²) in [6.07, 6.45) is 0. The Morgan fingerprint density at radius 3 is 2.74 bits per heavy atom. The number of hydrogen-bond donors (Lipinski definition) is 2. The maximum absolute atomic E-state index is 13.7. The Morgan fingerprint density at radius 2 is 2.16 bits per heavy atom. The van der Waals surface area contributed by atoms with Crippen molar-refractivity contribution in [2.45, 2.75) is 13.0 Å². The molecule has 0 aliphatic carbocycles. The van der Waals surface area contributed by atoms with Gasteiger partial charge in [0.25, 0.3) is 0 Å². The highest BCUT2D eigenvalue weighted by atomic mass is 35.5. The van der Waals surface area contributed by atoms with Gasteiger partial charge in [0, 0.05) is 10.6 Å². The average molecular weight is 315 g/mol. The van der Waals surface area contributed by atoms with Gasteiger partial charge in [0.15, 0.2) is 0 Å². The van der Waals surface area contributed by atoms with Gasteiger partial charge in [0.1, 0.15) is 10.8 Å². The van der Waals surface area contributed by atoms with Crippen LogP contribution in [-0.4, -0.2) is 4.99 Å². The summed E-state index contributed by atoms with van der Waals surface area (Å²) in [6, 6.07) is 8.47. The molecule has 0 amide bonds. The summed E-state index contributed by atoms with van der Waals surface area (Å²) in [5.74, 6) is -0.422. The Kier molecular flexibility index (Phi) is 4.39. The highest BCUT2D eigenvalue weighted by Gasteiger charge is 2.14. The van der Waals surface area contributed by atoms with Gasteiger partial charge >= 0.3 is 0 Å². The van der Waals surface area contributed by atoms with Crippen molar-refractivity contribution in [1.82, 2.24) is 0 Å². The van der Waals surface area contributed by atoms with Crippen molar-refractivity contribution in [2.75, 3.05) is 5.32 Å². The predicted molar refractivity (Wildman–Crippen MR) is 83.7 cm³/mol. The number of rotatable bonds is 4. The summed E-state index contributed by atoms with van der Waals surface area (Å²) >= 11 is 12.3. The van der Waals surface area contributed by atoms with Crippen LogP contribution in [0, 0.1) is 5.82 Å². The van der Waals surface area contributed by atoms with Gasteiger partial charge < -0.3 is 11.1 Å². The zero-order valence-electron chi connectivity index (χ0n) is 10.1. The van der Waals surface area contributed by atoms with E-state index in [1.807, 2.05) is 19.1 Å². The second-order valence-electron chi connectivity index (χ2n) is 4.03. The molecule has 1 atom stereocenters. The van der Waals surface area contributed by atoms with E-state index in [-0.39, 0.29) is 16.6 Å². The van der Waals surface area contributed by atoms with E-state index in [1.165, 1.54) is 17.4 Å². The lowest BCUT2D eigenvalue weighted by molar-refractivity contribution is 0.625. The van der Waals surface area contributed by atoms with Crippen LogP contribution in [0.3, 0.4) is 0 Å². The molecule has 1 heterocycles. The highest BCUT2D eigenvalue weighted by Crippen LogP contribution is 2.30. The van der Waals surface area contributed by atoms with E-state index in [4.69, 9.17) is 29.6 Å². The first-order valence-corrected chi connectivity index (χ1v) is 7.19. The zero-order valence-corrected chi connectivity index (χ0v) is 12.5. The van der Waals surface area contributed by atoms with E-state index in [1.54, 1.807) is 12.1 Å². The third kappa shape index (κ3) is 3.23. The first-order valence-electron chi connectivity index (χ1n) is 5.59. The summed E-state index contributed by atoms with van der Waals surface area (Å²) in [4.78, 5) is 1.10. The van der Waals surface area contributed by atoms with E-state index < -0.39 is 5.82 Å². The van der Waals surface area contributed by atoms with E-state index in [2.05, 4.69) is 5.32 Å². The number of hydrogen-bond acceptors (Lipinski definition) is 3. The largest absolute Gasteiger partial charge is 0.389 e. The molecule has 2 rings (SSSR count). The van der Waals surface area contributed by atoms with E-state index >= 15 is 0 Å². The number of anilines is 1. The van der Waals surface area contributed by atoms with Crippen LogP contribution >= 0.6 is 35.2 Å². The van der Waals surface area contributed by atoms with Gasteiger partial charge in [-0.1, -0.05) is 29.9 Å². The molecule has 19 heavy (non-hydrogen) atoms. The minimum atomic E-state index is -0.422. The monoisotopic (exact) mass is 314 g/mol. The van der Waals surface area contributed by atoms with Crippen LogP contribution in [0.5, 0.6) is 0 Å². The molecule has 0 bridgehead atoms. The summed E-state index contributed by atoms with van der Waals surface area (Å²) < 4.78 is 14.5. The summed E-state index contributed by atoms with van der Waals surface area (Å²) in [5.41, 5.74) is 6.40. The smallest absolute Gasteiger partial charge is 0.135 e. The van der Waals surface area contributed by atoms with Gasteiger partial charge in [-0.15, -0.1) is 11.3 Å². The first kappa shape index (κ1) is 14.2. The van der Waals surface area contributed by atoms with Gasteiger partial charge in [-0.2, -0.15) is 0 Å². The number of nitrogens with one attached hydrogen (secondary N) is 1. The van der Waals surface area contributed by atoms with Crippen LogP contribution < -0.4 is 11.1 Å². The molecule has 6 heteroatoms. The van der Waals surface area contributed by atoms with E-state index in [0.717, 1.165) is 9.21 Å². The number of halogens is 2. The van der Waals surface area contributed by atoms with Crippen molar-refractivity contribution >= 4 is 45.8 Å². The topological polar surface area (TPSA) is 38.0 Å². The quantitative estimate of drug-likeness (QED) is 0.824. The fourth-order valence-electron chi connectivity index (χ4n) is 1.76. The first-order chi connectivity index (χ1) is 8.99. The molecule has 1 unspecified atom stereocenters. The molecule has 0 aliphatic heterocycles. The fraction of sp³-hybridized carbons (Fsp3) is 0.154. The molecule has 0 spiro atoms. The maximum atomic E-state index is 13.7. The Hall–Kier alpha value is -1.17. The van der Waals surface area contributed by atoms with Crippen molar-refractivity contribution in [3.8, 4) is 0 Å². The maximum Gasteiger partial charge on any atom is 0.135 e. The number of thiocarbonyl (C=S) groups is 1.